The third-order valence-electron chi connectivity index (χ3n) is 2.55. The first kappa shape index (κ1) is 15.8. The summed E-state index contributed by atoms with van der Waals surface area (Å²) in [6.07, 6.45) is 4.15. The lowest BCUT2D eigenvalue weighted by molar-refractivity contribution is 0.395. The minimum atomic E-state index is -3.03. The lowest BCUT2D eigenvalue weighted by atomic mass is 10.1. The Labute approximate surface area is 114 Å². The monoisotopic (exact) mass is 287 g/mol. The normalized spacial score (nSPS) is 13.2. The summed E-state index contributed by atoms with van der Waals surface area (Å²) in [5, 5.41) is 3.23. The van der Waals surface area contributed by atoms with Crippen LogP contribution in [0, 0.1) is 0 Å². The molecule has 0 saturated carbocycles. The van der Waals surface area contributed by atoms with Crippen LogP contribution in [0.15, 0.2) is 12.4 Å². The van der Waals surface area contributed by atoms with E-state index in [-0.39, 0.29) is 11.8 Å². The van der Waals surface area contributed by atoms with Gasteiger partial charge in [-0.2, -0.15) is 0 Å². The molecule has 7 heteroatoms. The number of rotatable bonds is 8. The molecule has 0 aromatic carbocycles. The van der Waals surface area contributed by atoms with Crippen LogP contribution in [0.25, 0.3) is 0 Å². The number of nitrogens with one attached hydrogen (secondary N) is 1. The zero-order valence-corrected chi connectivity index (χ0v) is 12.4. The number of hydrogen-bond donors (Lipinski definition) is 1. The average Bonchev–Trinajstić information content (AvgIpc) is 2.34. The molecule has 6 nitrogen and oxygen atoms in total. The van der Waals surface area contributed by atoms with Gasteiger partial charge in [-0.1, -0.05) is 6.92 Å². The van der Waals surface area contributed by atoms with Gasteiger partial charge in [0.25, 0.3) is 0 Å². The molecule has 0 radical (unpaired) electrons. The van der Waals surface area contributed by atoms with Gasteiger partial charge in [0.05, 0.1) is 12.9 Å². The van der Waals surface area contributed by atoms with Crippen LogP contribution in [0.2, 0.25) is 0 Å². The number of ether oxygens (including phenoxy) is 1. The second kappa shape index (κ2) is 7.40. The summed E-state index contributed by atoms with van der Waals surface area (Å²) in [6.45, 7) is 2.82. The number of aromatic nitrogens is 2. The smallest absolute Gasteiger partial charge is 0.216 e. The van der Waals surface area contributed by atoms with Crippen molar-refractivity contribution >= 4 is 9.84 Å². The molecular formula is C12H21N3O3S. The van der Waals surface area contributed by atoms with Gasteiger partial charge in [-0.25, -0.2) is 18.4 Å². The van der Waals surface area contributed by atoms with Gasteiger partial charge in [-0.15, -0.1) is 0 Å². The summed E-state index contributed by atoms with van der Waals surface area (Å²) in [6, 6.07) is 1.58. The molecule has 1 rings (SSSR count). The van der Waals surface area contributed by atoms with Crippen LogP contribution in [-0.2, 0) is 16.3 Å². The number of methoxy groups -OCH3 is 1. The molecule has 1 atom stereocenters. The largest absolute Gasteiger partial charge is 0.481 e. The first-order chi connectivity index (χ1) is 8.94. The highest BCUT2D eigenvalue weighted by Gasteiger charge is 2.16. The molecule has 0 bridgehead atoms. The summed E-state index contributed by atoms with van der Waals surface area (Å²) in [5.74, 6) is 0.581. The maximum atomic E-state index is 11.4. The molecule has 0 fully saturated rings. The molecule has 1 aromatic rings. The van der Waals surface area contributed by atoms with Gasteiger partial charge >= 0.3 is 0 Å². The molecule has 19 heavy (non-hydrogen) atoms. The Kier molecular flexibility index (Phi) is 6.17. The third kappa shape index (κ3) is 6.49. The Bertz CT molecular complexity index is 491. The number of sulfone groups is 1. The van der Waals surface area contributed by atoms with E-state index in [1.165, 1.54) is 19.7 Å². The van der Waals surface area contributed by atoms with Crippen LogP contribution in [0.4, 0.5) is 0 Å². The predicted octanol–water partition coefficient (Wildman–Crippen LogP) is 0.441. The van der Waals surface area contributed by atoms with Gasteiger partial charge in [0.15, 0.2) is 0 Å². The molecule has 1 N–H and O–H groups in total. The number of hydrogen-bond acceptors (Lipinski definition) is 6. The standard InChI is InChI=1S/C12H21N3O3S/c1-4-5-13-11(8-19(3,16)17)6-10-7-12(18-2)15-9-14-10/h7,9,11,13H,4-6,8H2,1-3H3. The van der Waals surface area contributed by atoms with Crippen molar-refractivity contribution in [3.8, 4) is 5.88 Å². The molecule has 0 amide bonds. The minimum Gasteiger partial charge on any atom is -0.481 e. The Hall–Kier alpha value is -1.21. The topological polar surface area (TPSA) is 81.2 Å². The van der Waals surface area contributed by atoms with Crippen molar-refractivity contribution in [3.63, 3.8) is 0 Å². The van der Waals surface area contributed by atoms with Crippen molar-refractivity contribution in [3.05, 3.63) is 18.1 Å². The molecule has 108 valence electrons. The van der Waals surface area contributed by atoms with Crippen molar-refractivity contribution in [1.82, 2.24) is 15.3 Å². The van der Waals surface area contributed by atoms with Crippen LogP contribution in [-0.4, -0.2) is 50.1 Å². The van der Waals surface area contributed by atoms with Crippen LogP contribution in [0.1, 0.15) is 19.0 Å². The first-order valence-electron chi connectivity index (χ1n) is 6.20. The van der Waals surface area contributed by atoms with E-state index in [9.17, 15) is 8.42 Å². The van der Waals surface area contributed by atoms with E-state index in [1.54, 1.807) is 6.07 Å². The molecule has 0 aliphatic heterocycles. The van der Waals surface area contributed by atoms with Gasteiger partial charge < -0.3 is 10.1 Å². The van der Waals surface area contributed by atoms with Gasteiger partial charge in [0, 0.05) is 30.5 Å². The van der Waals surface area contributed by atoms with Crippen LogP contribution in [0.5, 0.6) is 5.88 Å². The van der Waals surface area contributed by atoms with E-state index in [0.717, 1.165) is 18.7 Å². The van der Waals surface area contributed by atoms with Crippen molar-refractivity contribution in [1.29, 1.82) is 0 Å². The predicted molar refractivity (Wildman–Crippen MR) is 74.1 cm³/mol. The summed E-state index contributed by atoms with van der Waals surface area (Å²) in [5.41, 5.74) is 0.768. The SMILES string of the molecule is CCCNC(Cc1cc(OC)ncn1)CS(C)(=O)=O. The summed E-state index contributed by atoms with van der Waals surface area (Å²) >= 11 is 0. The Morgan fingerprint density at radius 3 is 2.74 bits per heavy atom. The van der Waals surface area contributed by atoms with Crippen LogP contribution in [0.3, 0.4) is 0 Å². The maximum Gasteiger partial charge on any atom is 0.216 e. The van der Waals surface area contributed by atoms with Crippen molar-refractivity contribution in [2.75, 3.05) is 25.7 Å². The summed E-state index contributed by atoms with van der Waals surface area (Å²) in [4.78, 5) is 8.07. The summed E-state index contributed by atoms with van der Waals surface area (Å²) in [7, 11) is -1.49. The van der Waals surface area contributed by atoms with E-state index in [4.69, 9.17) is 4.74 Å². The lowest BCUT2D eigenvalue weighted by Gasteiger charge is -2.17. The molecule has 0 aliphatic carbocycles. The Morgan fingerprint density at radius 2 is 2.16 bits per heavy atom. The molecule has 1 unspecified atom stereocenters. The van der Waals surface area contributed by atoms with E-state index in [1.807, 2.05) is 6.92 Å². The van der Waals surface area contributed by atoms with Gasteiger partial charge in [0.1, 0.15) is 16.2 Å². The van der Waals surface area contributed by atoms with Crippen molar-refractivity contribution in [2.45, 2.75) is 25.8 Å². The highest BCUT2D eigenvalue weighted by Crippen LogP contribution is 2.09. The van der Waals surface area contributed by atoms with Gasteiger partial charge in [-0.3, -0.25) is 0 Å². The second-order valence-electron chi connectivity index (χ2n) is 4.50. The molecule has 0 aliphatic rings. The molecule has 0 spiro atoms. The fourth-order valence-corrected chi connectivity index (χ4v) is 2.72. The van der Waals surface area contributed by atoms with Crippen LogP contribution >= 0.6 is 0 Å². The van der Waals surface area contributed by atoms with Crippen molar-refractivity contribution in [2.24, 2.45) is 0 Å². The first-order valence-corrected chi connectivity index (χ1v) is 8.26. The molecular weight excluding hydrogens is 266 g/mol. The van der Waals surface area contributed by atoms with Crippen LogP contribution < -0.4 is 10.1 Å². The quantitative estimate of drug-likeness (QED) is 0.747. The lowest BCUT2D eigenvalue weighted by Crippen LogP contribution is -2.38. The van der Waals surface area contributed by atoms with Gasteiger partial charge in [-0.05, 0) is 13.0 Å². The molecule has 1 heterocycles. The van der Waals surface area contributed by atoms with E-state index in [0.29, 0.717) is 12.3 Å². The zero-order chi connectivity index (χ0) is 14.3. The van der Waals surface area contributed by atoms with Crippen molar-refractivity contribution < 1.29 is 13.2 Å². The fraction of sp³-hybridized carbons (Fsp3) is 0.667. The number of nitrogens with zero attached hydrogens (tertiary/aromatic N) is 2. The summed E-state index contributed by atoms with van der Waals surface area (Å²) < 4.78 is 27.9. The Morgan fingerprint density at radius 1 is 1.42 bits per heavy atom. The van der Waals surface area contributed by atoms with E-state index < -0.39 is 9.84 Å². The highest BCUT2D eigenvalue weighted by atomic mass is 32.2. The minimum absolute atomic E-state index is 0.0965. The van der Waals surface area contributed by atoms with E-state index in [2.05, 4.69) is 15.3 Å². The van der Waals surface area contributed by atoms with E-state index >= 15 is 0 Å². The van der Waals surface area contributed by atoms with Gasteiger partial charge in [0.2, 0.25) is 5.88 Å². The Balaban J connectivity index is 2.74. The molecule has 0 saturated heterocycles. The second-order valence-corrected chi connectivity index (χ2v) is 6.68. The maximum absolute atomic E-state index is 11.4. The zero-order valence-electron chi connectivity index (χ0n) is 11.6. The molecule has 1 aromatic heterocycles. The average molecular weight is 287 g/mol. The fourth-order valence-electron chi connectivity index (χ4n) is 1.76. The highest BCUT2D eigenvalue weighted by molar-refractivity contribution is 7.90. The third-order valence-corrected chi connectivity index (χ3v) is 3.56.